The number of Topliss-reactive ketones (excluding diaryl/α,β-unsaturated/α-hetero) is 1. The van der Waals surface area contributed by atoms with Crippen LogP contribution in [0.1, 0.15) is 22.3 Å². The van der Waals surface area contributed by atoms with Crippen LogP contribution < -0.4 is 4.74 Å². The summed E-state index contributed by atoms with van der Waals surface area (Å²) in [4.78, 5) is 34.1. The van der Waals surface area contributed by atoms with E-state index in [9.17, 15) is 14.4 Å². The number of hydrogen-bond donors (Lipinski definition) is 1. The molecule has 0 aliphatic heterocycles. The number of hydrogen-bond acceptors (Lipinski definition) is 4. The van der Waals surface area contributed by atoms with Crippen molar-refractivity contribution in [3.05, 3.63) is 29.3 Å². The van der Waals surface area contributed by atoms with E-state index in [4.69, 9.17) is 9.84 Å². The maximum absolute atomic E-state index is 12.3. The van der Waals surface area contributed by atoms with Gasteiger partial charge in [-0.15, -0.1) is 0 Å². The third-order valence-electron chi connectivity index (χ3n) is 3.50. The molecule has 0 aromatic heterocycles. The van der Waals surface area contributed by atoms with Crippen molar-refractivity contribution in [2.45, 2.75) is 12.8 Å². The molecule has 0 saturated heterocycles. The monoisotopic (exact) mass is 262 g/mol. The van der Waals surface area contributed by atoms with Gasteiger partial charge in [-0.3, -0.25) is 9.59 Å². The highest BCUT2D eigenvalue weighted by Gasteiger charge is 2.37. The highest BCUT2D eigenvalue weighted by molar-refractivity contribution is 6.05. The van der Waals surface area contributed by atoms with Gasteiger partial charge in [-0.1, -0.05) is 0 Å². The van der Waals surface area contributed by atoms with E-state index in [0.29, 0.717) is 30.4 Å². The lowest BCUT2D eigenvalue weighted by molar-refractivity contribution is -0.145. The second-order valence-corrected chi connectivity index (χ2v) is 4.53. The predicted octanol–water partition coefficient (Wildman–Crippen LogP) is 1.34. The van der Waals surface area contributed by atoms with Gasteiger partial charge >= 0.3 is 5.97 Å². The molecular weight excluding hydrogens is 248 g/mol. The van der Waals surface area contributed by atoms with E-state index in [1.807, 2.05) is 0 Å². The fourth-order valence-electron chi connectivity index (χ4n) is 2.45. The smallest absolute Gasteiger partial charge is 0.314 e. The Hall–Kier alpha value is -2.17. The van der Waals surface area contributed by atoms with Crippen LogP contribution in [0.15, 0.2) is 18.2 Å². The quantitative estimate of drug-likeness (QED) is 0.654. The molecule has 2 unspecified atom stereocenters. The number of aldehydes is 1. The first-order valence-corrected chi connectivity index (χ1v) is 5.97. The Balaban J connectivity index is 2.34. The molecule has 2 rings (SSSR count). The van der Waals surface area contributed by atoms with Gasteiger partial charge in [0, 0.05) is 11.5 Å². The number of carbonyl (C=O) groups excluding carboxylic acids is 2. The molecule has 1 aromatic rings. The second kappa shape index (κ2) is 5.22. The topological polar surface area (TPSA) is 80.7 Å². The molecule has 19 heavy (non-hydrogen) atoms. The van der Waals surface area contributed by atoms with Crippen LogP contribution in [0, 0.1) is 11.8 Å². The normalized spacial score (nSPS) is 19.4. The first-order chi connectivity index (χ1) is 9.08. The Labute approximate surface area is 110 Å². The molecular formula is C14H14O5. The van der Waals surface area contributed by atoms with Crippen molar-refractivity contribution in [2.75, 3.05) is 7.11 Å². The Bertz CT molecular complexity index is 535. The molecule has 1 aliphatic carbocycles. The van der Waals surface area contributed by atoms with Crippen LogP contribution in [-0.2, 0) is 16.0 Å². The lowest BCUT2D eigenvalue weighted by Crippen LogP contribution is -2.34. The summed E-state index contributed by atoms with van der Waals surface area (Å²) in [5.74, 6) is -2.89. The molecule has 0 amide bonds. The molecule has 0 radical (unpaired) electrons. The minimum atomic E-state index is -1.26. The van der Waals surface area contributed by atoms with Gasteiger partial charge in [-0.2, -0.15) is 0 Å². The summed E-state index contributed by atoms with van der Waals surface area (Å²) in [6.45, 7) is 0. The molecule has 1 aromatic carbocycles. The molecule has 2 atom stereocenters. The largest absolute Gasteiger partial charge is 0.497 e. The molecule has 1 N–H and O–H groups in total. The van der Waals surface area contributed by atoms with Crippen molar-refractivity contribution < 1.29 is 24.2 Å². The van der Waals surface area contributed by atoms with Crippen LogP contribution in [0.5, 0.6) is 5.75 Å². The lowest BCUT2D eigenvalue weighted by Gasteiger charge is -2.25. The Morgan fingerprint density at radius 3 is 2.84 bits per heavy atom. The third-order valence-corrected chi connectivity index (χ3v) is 3.50. The molecule has 0 bridgehead atoms. The van der Waals surface area contributed by atoms with Crippen molar-refractivity contribution in [1.29, 1.82) is 0 Å². The van der Waals surface area contributed by atoms with Gasteiger partial charge in [-0.25, -0.2) is 0 Å². The number of fused-ring (bicyclic) bond motifs is 1. The first kappa shape index (κ1) is 13.3. The highest BCUT2D eigenvalue weighted by atomic mass is 16.5. The van der Waals surface area contributed by atoms with Gasteiger partial charge in [-0.05, 0) is 36.6 Å². The Morgan fingerprint density at radius 2 is 2.26 bits per heavy atom. The van der Waals surface area contributed by atoms with Crippen LogP contribution in [0.3, 0.4) is 0 Å². The lowest BCUT2D eigenvalue weighted by atomic mass is 9.76. The zero-order valence-electron chi connectivity index (χ0n) is 10.5. The summed E-state index contributed by atoms with van der Waals surface area (Å²) in [5.41, 5.74) is 1.33. The van der Waals surface area contributed by atoms with Crippen LogP contribution in [0.4, 0.5) is 0 Å². The average molecular weight is 262 g/mol. The molecule has 5 heteroatoms. The van der Waals surface area contributed by atoms with Crippen molar-refractivity contribution in [1.82, 2.24) is 0 Å². The summed E-state index contributed by atoms with van der Waals surface area (Å²) in [5, 5.41) is 8.97. The van der Waals surface area contributed by atoms with E-state index in [-0.39, 0.29) is 5.78 Å². The maximum atomic E-state index is 12.3. The van der Waals surface area contributed by atoms with Gasteiger partial charge in [0.1, 0.15) is 18.0 Å². The third kappa shape index (κ3) is 2.36. The second-order valence-electron chi connectivity index (χ2n) is 4.53. The van der Waals surface area contributed by atoms with E-state index in [1.165, 1.54) is 0 Å². The number of aliphatic carboxylic acids is 1. The highest BCUT2D eigenvalue weighted by Crippen LogP contribution is 2.32. The van der Waals surface area contributed by atoms with Gasteiger partial charge < -0.3 is 14.6 Å². The number of carbonyl (C=O) groups is 3. The molecule has 1 aliphatic rings. The van der Waals surface area contributed by atoms with Crippen molar-refractivity contribution in [3.63, 3.8) is 0 Å². The van der Waals surface area contributed by atoms with Crippen molar-refractivity contribution in [2.24, 2.45) is 11.8 Å². The van der Waals surface area contributed by atoms with Crippen LogP contribution in [-0.4, -0.2) is 30.3 Å². The van der Waals surface area contributed by atoms with E-state index in [0.717, 1.165) is 5.56 Å². The number of carboxylic acids is 1. The Kier molecular flexibility index (Phi) is 3.64. The fourth-order valence-corrected chi connectivity index (χ4v) is 2.45. The first-order valence-electron chi connectivity index (χ1n) is 5.97. The van der Waals surface area contributed by atoms with Crippen LogP contribution >= 0.6 is 0 Å². The molecule has 0 heterocycles. The molecule has 100 valence electrons. The zero-order chi connectivity index (χ0) is 14.0. The number of carboxylic acid groups (broad SMARTS) is 1. The van der Waals surface area contributed by atoms with Crippen LogP contribution in [0.2, 0.25) is 0 Å². The summed E-state index contributed by atoms with van der Waals surface area (Å²) in [7, 11) is 1.54. The maximum Gasteiger partial charge on any atom is 0.314 e. The van der Waals surface area contributed by atoms with E-state index in [2.05, 4.69) is 0 Å². The fraction of sp³-hybridized carbons (Fsp3) is 0.357. The minimum Gasteiger partial charge on any atom is -0.497 e. The average Bonchev–Trinajstić information content (AvgIpc) is 2.41. The SMILES string of the molecule is COc1ccc2c(c1)CCC(C(C=O)C(=O)O)C2=O. The number of ether oxygens (including phenoxy) is 1. The van der Waals surface area contributed by atoms with Crippen molar-refractivity contribution in [3.8, 4) is 5.75 Å². The Morgan fingerprint density at radius 1 is 1.53 bits per heavy atom. The summed E-state index contributed by atoms with van der Waals surface area (Å²) >= 11 is 0. The number of ketones is 1. The summed E-state index contributed by atoms with van der Waals surface area (Å²) < 4.78 is 5.09. The van der Waals surface area contributed by atoms with E-state index < -0.39 is 17.8 Å². The van der Waals surface area contributed by atoms with E-state index >= 15 is 0 Å². The predicted molar refractivity (Wildman–Crippen MR) is 66.3 cm³/mol. The standard InChI is InChI=1S/C14H14O5/c1-19-9-3-5-10-8(6-9)2-4-11(13(10)16)12(7-15)14(17)18/h3,5-7,11-12H,2,4H2,1H3,(H,17,18). The summed E-state index contributed by atoms with van der Waals surface area (Å²) in [6.07, 6.45) is 1.29. The number of methoxy groups -OCH3 is 1. The minimum absolute atomic E-state index is 0.275. The number of rotatable bonds is 4. The van der Waals surface area contributed by atoms with Crippen LogP contribution in [0.25, 0.3) is 0 Å². The molecule has 0 saturated carbocycles. The van der Waals surface area contributed by atoms with Gasteiger partial charge in [0.2, 0.25) is 0 Å². The van der Waals surface area contributed by atoms with Gasteiger partial charge in [0.05, 0.1) is 7.11 Å². The molecule has 5 nitrogen and oxygen atoms in total. The van der Waals surface area contributed by atoms with Gasteiger partial charge in [0.15, 0.2) is 5.78 Å². The summed E-state index contributed by atoms with van der Waals surface area (Å²) in [6, 6.07) is 5.07. The molecule has 0 spiro atoms. The molecule has 0 fully saturated rings. The zero-order valence-corrected chi connectivity index (χ0v) is 10.5. The number of benzene rings is 1. The van der Waals surface area contributed by atoms with Gasteiger partial charge in [0.25, 0.3) is 0 Å². The number of aryl methyl sites for hydroxylation is 1. The van der Waals surface area contributed by atoms with E-state index in [1.54, 1.807) is 25.3 Å². The van der Waals surface area contributed by atoms with Crippen molar-refractivity contribution >= 4 is 18.0 Å².